The van der Waals surface area contributed by atoms with Gasteiger partial charge in [-0.2, -0.15) is 0 Å². The second-order valence-corrected chi connectivity index (χ2v) is 2.19. The molecule has 3 heteroatoms. The number of halogens is 1. The van der Waals surface area contributed by atoms with Crippen LogP contribution in [0.25, 0.3) is 0 Å². The summed E-state index contributed by atoms with van der Waals surface area (Å²) in [4.78, 5) is 10.2. The standard InChI is InChI=1S/C6H9BrO2/c1-2-5(3-4-7)6(8)9/h3H,2,4H2,1H3,(H,8,9)/b5-3+. The molecule has 0 heterocycles. The third kappa shape index (κ3) is 3.30. The van der Waals surface area contributed by atoms with Crippen molar-refractivity contribution in [3.8, 4) is 0 Å². The molecule has 0 amide bonds. The van der Waals surface area contributed by atoms with E-state index in [1.165, 1.54) is 0 Å². The minimum absolute atomic E-state index is 0.465. The Hall–Kier alpha value is -0.310. The van der Waals surface area contributed by atoms with Gasteiger partial charge in [0.05, 0.1) is 0 Å². The van der Waals surface area contributed by atoms with Crippen molar-refractivity contribution in [2.75, 3.05) is 5.33 Å². The van der Waals surface area contributed by atoms with Crippen LogP contribution in [0.3, 0.4) is 0 Å². The second-order valence-electron chi connectivity index (χ2n) is 1.54. The summed E-state index contributed by atoms with van der Waals surface area (Å²) in [6.07, 6.45) is 2.24. The number of rotatable bonds is 3. The predicted molar refractivity (Wildman–Crippen MR) is 39.8 cm³/mol. The van der Waals surface area contributed by atoms with Crippen LogP contribution in [0.1, 0.15) is 13.3 Å². The van der Waals surface area contributed by atoms with E-state index in [1.807, 2.05) is 6.92 Å². The number of allylic oxidation sites excluding steroid dienone is 1. The number of carboxylic acid groups (broad SMARTS) is 1. The van der Waals surface area contributed by atoms with Gasteiger partial charge >= 0.3 is 5.97 Å². The summed E-state index contributed by atoms with van der Waals surface area (Å²) in [5.74, 6) is -0.822. The molecule has 0 atom stereocenters. The molecule has 0 aromatic carbocycles. The summed E-state index contributed by atoms with van der Waals surface area (Å²) in [6, 6.07) is 0. The Kier molecular flexibility index (Phi) is 4.40. The van der Waals surface area contributed by atoms with Crippen LogP contribution in [-0.4, -0.2) is 16.4 Å². The Balaban J connectivity index is 3.98. The zero-order chi connectivity index (χ0) is 7.28. The zero-order valence-electron chi connectivity index (χ0n) is 5.22. The molecule has 2 nitrogen and oxygen atoms in total. The Labute approximate surface area is 62.7 Å². The molecule has 0 aliphatic rings. The summed E-state index contributed by atoms with van der Waals surface area (Å²) < 4.78 is 0. The van der Waals surface area contributed by atoms with E-state index in [0.717, 1.165) is 0 Å². The SMILES string of the molecule is CC/C(=C\CBr)C(=O)O. The van der Waals surface area contributed by atoms with Gasteiger partial charge in [-0.25, -0.2) is 4.79 Å². The number of carbonyl (C=O) groups is 1. The van der Waals surface area contributed by atoms with Gasteiger partial charge in [0.1, 0.15) is 0 Å². The first-order valence-corrected chi connectivity index (χ1v) is 3.82. The first kappa shape index (κ1) is 8.69. The van der Waals surface area contributed by atoms with Crippen molar-refractivity contribution in [3.05, 3.63) is 11.6 Å². The van der Waals surface area contributed by atoms with Gasteiger partial charge in [0, 0.05) is 10.9 Å². The molecule has 0 aliphatic heterocycles. The van der Waals surface area contributed by atoms with Gasteiger partial charge in [-0.05, 0) is 6.42 Å². The number of aliphatic carboxylic acids is 1. The van der Waals surface area contributed by atoms with E-state index in [4.69, 9.17) is 5.11 Å². The molecule has 0 unspecified atom stereocenters. The predicted octanol–water partition coefficient (Wildman–Crippen LogP) is 1.80. The van der Waals surface area contributed by atoms with E-state index in [2.05, 4.69) is 15.9 Å². The van der Waals surface area contributed by atoms with E-state index in [9.17, 15) is 4.79 Å². The van der Waals surface area contributed by atoms with Crippen molar-refractivity contribution in [2.24, 2.45) is 0 Å². The van der Waals surface area contributed by atoms with Crippen molar-refractivity contribution in [2.45, 2.75) is 13.3 Å². The van der Waals surface area contributed by atoms with Crippen LogP contribution in [0, 0.1) is 0 Å². The molecular formula is C6H9BrO2. The molecule has 0 aromatic heterocycles. The van der Waals surface area contributed by atoms with Crippen LogP contribution in [0.4, 0.5) is 0 Å². The van der Waals surface area contributed by atoms with Gasteiger partial charge in [-0.1, -0.05) is 28.9 Å². The van der Waals surface area contributed by atoms with Gasteiger partial charge in [-0.3, -0.25) is 0 Å². The Bertz CT molecular complexity index is 129. The maximum Gasteiger partial charge on any atom is 0.331 e. The lowest BCUT2D eigenvalue weighted by Crippen LogP contribution is -1.98. The topological polar surface area (TPSA) is 37.3 Å². The normalized spacial score (nSPS) is 11.6. The second kappa shape index (κ2) is 4.56. The average Bonchev–Trinajstić information content (AvgIpc) is 1.82. The van der Waals surface area contributed by atoms with Crippen LogP contribution < -0.4 is 0 Å². The van der Waals surface area contributed by atoms with Crippen molar-refractivity contribution in [1.82, 2.24) is 0 Å². The molecule has 0 fully saturated rings. The minimum Gasteiger partial charge on any atom is -0.478 e. The Morgan fingerprint density at radius 3 is 2.44 bits per heavy atom. The lowest BCUT2D eigenvalue weighted by molar-refractivity contribution is -0.132. The third-order valence-corrected chi connectivity index (χ3v) is 1.30. The number of carboxylic acids is 1. The number of hydrogen-bond donors (Lipinski definition) is 1. The van der Waals surface area contributed by atoms with Crippen molar-refractivity contribution in [1.29, 1.82) is 0 Å². The molecule has 0 bridgehead atoms. The van der Waals surface area contributed by atoms with Gasteiger partial charge in [0.2, 0.25) is 0 Å². The zero-order valence-corrected chi connectivity index (χ0v) is 6.81. The fourth-order valence-corrected chi connectivity index (χ4v) is 0.867. The molecule has 9 heavy (non-hydrogen) atoms. The maximum absolute atomic E-state index is 10.2. The summed E-state index contributed by atoms with van der Waals surface area (Å²) >= 11 is 3.12. The Morgan fingerprint density at radius 1 is 1.78 bits per heavy atom. The van der Waals surface area contributed by atoms with E-state index in [1.54, 1.807) is 6.08 Å². The van der Waals surface area contributed by atoms with Gasteiger partial charge < -0.3 is 5.11 Å². The highest BCUT2D eigenvalue weighted by Crippen LogP contribution is 2.00. The van der Waals surface area contributed by atoms with Crippen LogP contribution in [0.5, 0.6) is 0 Å². The Morgan fingerprint density at radius 2 is 2.33 bits per heavy atom. The quantitative estimate of drug-likeness (QED) is 0.548. The van der Waals surface area contributed by atoms with E-state index in [0.29, 0.717) is 17.3 Å². The highest BCUT2D eigenvalue weighted by molar-refractivity contribution is 9.09. The summed E-state index contributed by atoms with van der Waals surface area (Å²) in [7, 11) is 0. The van der Waals surface area contributed by atoms with Crippen LogP contribution in [-0.2, 0) is 4.79 Å². The lowest BCUT2D eigenvalue weighted by atomic mass is 10.2. The molecule has 1 N–H and O–H groups in total. The summed E-state index contributed by atoms with van der Waals surface area (Å²) in [5, 5.41) is 9.03. The average molecular weight is 193 g/mol. The summed E-state index contributed by atoms with van der Waals surface area (Å²) in [6.45, 7) is 1.82. The number of hydrogen-bond acceptors (Lipinski definition) is 1. The fourth-order valence-electron chi connectivity index (χ4n) is 0.476. The first-order valence-electron chi connectivity index (χ1n) is 2.70. The van der Waals surface area contributed by atoms with E-state index < -0.39 is 5.97 Å². The minimum atomic E-state index is -0.822. The summed E-state index contributed by atoms with van der Waals surface area (Å²) in [5.41, 5.74) is 0.465. The smallest absolute Gasteiger partial charge is 0.331 e. The van der Waals surface area contributed by atoms with Gasteiger partial charge in [-0.15, -0.1) is 0 Å². The lowest BCUT2D eigenvalue weighted by Gasteiger charge is -1.92. The van der Waals surface area contributed by atoms with Crippen LogP contribution in [0.2, 0.25) is 0 Å². The van der Waals surface area contributed by atoms with E-state index >= 15 is 0 Å². The molecule has 0 rings (SSSR count). The van der Waals surface area contributed by atoms with Crippen molar-refractivity contribution in [3.63, 3.8) is 0 Å². The molecule has 0 radical (unpaired) electrons. The molecule has 0 saturated carbocycles. The molecule has 0 aliphatic carbocycles. The highest BCUT2D eigenvalue weighted by atomic mass is 79.9. The number of alkyl halides is 1. The largest absolute Gasteiger partial charge is 0.478 e. The molecular weight excluding hydrogens is 184 g/mol. The van der Waals surface area contributed by atoms with Gasteiger partial charge in [0.15, 0.2) is 0 Å². The fraction of sp³-hybridized carbons (Fsp3) is 0.500. The highest BCUT2D eigenvalue weighted by Gasteiger charge is 2.00. The molecule has 0 aromatic rings. The van der Waals surface area contributed by atoms with Gasteiger partial charge in [0.25, 0.3) is 0 Å². The van der Waals surface area contributed by atoms with E-state index in [-0.39, 0.29) is 0 Å². The monoisotopic (exact) mass is 192 g/mol. The van der Waals surface area contributed by atoms with Crippen LogP contribution in [0.15, 0.2) is 11.6 Å². The van der Waals surface area contributed by atoms with Crippen molar-refractivity contribution < 1.29 is 9.90 Å². The molecule has 0 saturated heterocycles. The first-order chi connectivity index (χ1) is 4.22. The van der Waals surface area contributed by atoms with Crippen LogP contribution >= 0.6 is 15.9 Å². The molecule has 52 valence electrons. The maximum atomic E-state index is 10.2. The third-order valence-electron chi connectivity index (χ3n) is 0.979. The van der Waals surface area contributed by atoms with Crippen molar-refractivity contribution >= 4 is 21.9 Å². The molecule has 0 spiro atoms.